The second-order valence-electron chi connectivity index (χ2n) is 6.28. The largest absolute Gasteiger partial charge is 0.496 e. The number of methoxy groups -OCH3 is 1. The van der Waals surface area contributed by atoms with Crippen molar-refractivity contribution in [1.82, 2.24) is 4.98 Å². The van der Waals surface area contributed by atoms with Crippen LogP contribution in [-0.2, 0) is 4.74 Å². The van der Waals surface area contributed by atoms with Gasteiger partial charge >= 0.3 is 5.97 Å². The van der Waals surface area contributed by atoms with Crippen molar-refractivity contribution >= 4 is 11.8 Å². The van der Waals surface area contributed by atoms with E-state index in [2.05, 4.69) is 4.98 Å². The molecule has 128 valence electrons. The van der Waals surface area contributed by atoms with Crippen LogP contribution in [0, 0.1) is 11.3 Å². The number of benzene rings is 1. The fourth-order valence-electron chi connectivity index (χ4n) is 2.18. The van der Waals surface area contributed by atoms with Crippen LogP contribution in [0.15, 0.2) is 36.7 Å². The Balaban J connectivity index is 2.48. The lowest BCUT2D eigenvalue weighted by Gasteiger charge is -2.20. The topological polar surface area (TPSA) is 89.3 Å². The zero-order valence-electron chi connectivity index (χ0n) is 14.5. The molecule has 0 saturated heterocycles. The number of hydrogen-bond donors (Lipinski definition) is 0. The standard InChI is InChI=1S/C19H18N2O4/c1-19(2,3)25-18(23)15-11-21-8-7-13(15)17(22)14-6-5-12(10-20)9-16(14)24-4/h5-9,11H,1-4H3. The van der Waals surface area contributed by atoms with Crippen LogP contribution in [0.25, 0.3) is 0 Å². The normalized spacial score (nSPS) is 10.7. The van der Waals surface area contributed by atoms with E-state index in [1.165, 1.54) is 43.8 Å². The predicted molar refractivity (Wildman–Crippen MR) is 90.5 cm³/mol. The van der Waals surface area contributed by atoms with Gasteiger partial charge in [-0.2, -0.15) is 5.26 Å². The molecular weight excluding hydrogens is 320 g/mol. The zero-order valence-corrected chi connectivity index (χ0v) is 14.5. The molecule has 0 amide bonds. The second kappa shape index (κ2) is 7.14. The predicted octanol–water partition coefficient (Wildman–Crippen LogP) is 3.15. The van der Waals surface area contributed by atoms with Gasteiger partial charge in [0.1, 0.15) is 11.4 Å². The lowest BCUT2D eigenvalue weighted by Crippen LogP contribution is -2.25. The maximum Gasteiger partial charge on any atom is 0.340 e. The summed E-state index contributed by atoms with van der Waals surface area (Å²) in [6, 6.07) is 7.94. The maximum atomic E-state index is 12.9. The zero-order chi connectivity index (χ0) is 18.6. The van der Waals surface area contributed by atoms with Crippen molar-refractivity contribution in [2.24, 2.45) is 0 Å². The Morgan fingerprint density at radius 1 is 1.12 bits per heavy atom. The molecule has 0 unspecified atom stereocenters. The lowest BCUT2D eigenvalue weighted by atomic mass is 9.98. The van der Waals surface area contributed by atoms with E-state index in [0.717, 1.165) is 0 Å². The molecule has 0 fully saturated rings. The van der Waals surface area contributed by atoms with Gasteiger partial charge in [0, 0.05) is 18.0 Å². The van der Waals surface area contributed by atoms with E-state index in [0.29, 0.717) is 5.56 Å². The number of aromatic nitrogens is 1. The number of pyridine rings is 1. The molecule has 0 saturated carbocycles. The third-order valence-corrected chi connectivity index (χ3v) is 3.26. The van der Waals surface area contributed by atoms with Gasteiger partial charge in [0.2, 0.25) is 0 Å². The number of hydrogen-bond acceptors (Lipinski definition) is 6. The number of carbonyl (C=O) groups excluding carboxylic acids is 2. The summed E-state index contributed by atoms with van der Waals surface area (Å²) >= 11 is 0. The van der Waals surface area contributed by atoms with Crippen LogP contribution in [0.2, 0.25) is 0 Å². The first-order valence-corrected chi connectivity index (χ1v) is 7.57. The van der Waals surface area contributed by atoms with Crippen molar-refractivity contribution < 1.29 is 19.1 Å². The molecule has 25 heavy (non-hydrogen) atoms. The van der Waals surface area contributed by atoms with Crippen molar-refractivity contribution in [3.8, 4) is 11.8 Å². The van der Waals surface area contributed by atoms with Crippen LogP contribution in [-0.4, -0.2) is 29.4 Å². The fraction of sp³-hybridized carbons (Fsp3) is 0.263. The van der Waals surface area contributed by atoms with Gasteiger partial charge in [-0.15, -0.1) is 0 Å². The highest BCUT2D eigenvalue weighted by molar-refractivity contribution is 6.15. The van der Waals surface area contributed by atoms with Crippen LogP contribution in [0.4, 0.5) is 0 Å². The maximum absolute atomic E-state index is 12.9. The van der Waals surface area contributed by atoms with E-state index in [1.54, 1.807) is 20.8 Å². The molecule has 0 spiro atoms. The van der Waals surface area contributed by atoms with Crippen LogP contribution >= 0.6 is 0 Å². The Kier molecular flexibility index (Phi) is 5.18. The summed E-state index contributed by atoms with van der Waals surface area (Å²) in [5.74, 6) is -0.780. The van der Waals surface area contributed by atoms with E-state index in [1.807, 2.05) is 6.07 Å². The van der Waals surface area contributed by atoms with Crippen LogP contribution < -0.4 is 4.74 Å². The van der Waals surface area contributed by atoms with Gasteiger partial charge in [-0.1, -0.05) is 0 Å². The highest BCUT2D eigenvalue weighted by atomic mass is 16.6. The number of nitrogens with zero attached hydrogens (tertiary/aromatic N) is 2. The highest BCUT2D eigenvalue weighted by Crippen LogP contribution is 2.25. The first-order chi connectivity index (χ1) is 11.8. The number of esters is 1. The summed E-state index contributed by atoms with van der Waals surface area (Å²) in [5, 5.41) is 8.97. The number of rotatable bonds is 4. The fourth-order valence-corrected chi connectivity index (χ4v) is 2.18. The molecule has 1 aromatic carbocycles. The van der Waals surface area contributed by atoms with Gasteiger partial charge in [0.05, 0.1) is 29.9 Å². The summed E-state index contributed by atoms with van der Waals surface area (Å²) in [6.45, 7) is 5.23. The van der Waals surface area contributed by atoms with E-state index in [4.69, 9.17) is 14.7 Å². The smallest absolute Gasteiger partial charge is 0.340 e. The van der Waals surface area contributed by atoms with Gasteiger partial charge in [-0.25, -0.2) is 4.79 Å². The summed E-state index contributed by atoms with van der Waals surface area (Å²) in [5.41, 5.74) is 0.161. The van der Waals surface area contributed by atoms with Gasteiger partial charge in [0.15, 0.2) is 5.78 Å². The van der Waals surface area contributed by atoms with Crippen LogP contribution in [0.1, 0.15) is 52.6 Å². The first kappa shape index (κ1) is 18.1. The molecule has 2 aromatic rings. The third kappa shape index (κ3) is 4.21. The minimum Gasteiger partial charge on any atom is -0.496 e. The Hall–Kier alpha value is -3.20. The number of nitriles is 1. The molecule has 0 atom stereocenters. The van der Waals surface area contributed by atoms with Gasteiger partial charge in [-0.3, -0.25) is 9.78 Å². The molecule has 6 nitrogen and oxygen atoms in total. The van der Waals surface area contributed by atoms with Crippen molar-refractivity contribution in [3.63, 3.8) is 0 Å². The molecule has 0 N–H and O–H groups in total. The lowest BCUT2D eigenvalue weighted by molar-refractivity contribution is 0.00674. The minimum atomic E-state index is -0.695. The SMILES string of the molecule is COc1cc(C#N)ccc1C(=O)c1ccncc1C(=O)OC(C)(C)C. The van der Waals surface area contributed by atoms with Crippen molar-refractivity contribution in [2.75, 3.05) is 7.11 Å². The molecule has 0 radical (unpaired) electrons. The molecule has 0 bridgehead atoms. The third-order valence-electron chi connectivity index (χ3n) is 3.26. The summed E-state index contributed by atoms with van der Waals surface area (Å²) in [4.78, 5) is 29.2. The van der Waals surface area contributed by atoms with Gasteiger partial charge in [-0.05, 0) is 45.0 Å². The first-order valence-electron chi connectivity index (χ1n) is 7.57. The molecular formula is C19H18N2O4. The average molecular weight is 338 g/mol. The van der Waals surface area contributed by atoms with E-state index >= 15 is 0 Å². The minimum absolute atomic E-state index is 0.0776. The van der Waals surface area contributed by atoms with E-state index in [-0.39, 0.29) is 22.4 Å². The van der Waals surface area contributed by atoms with Crippen molar-refractivity contribution in [1.29, 1.82) is 5.26 Å². The van der Waals surface area contributed by atoms with E-state index < -0.39 is 17.4 Å². The average Bonchev–Trinajstić information content (AvgIpc) is 2.59. The monoisotopic (exact) mass is 338 g/mol. The van der Waals surface area contributed by atoms with Gasteiger partial charge < -0.3 is 9.47 Å². The molecule has 0 aliphatic carbocycles. The van der Waals surface area contributed by atoms with Crippen LogP contribution in [0.5, 0.6) is 5.75 Å². The number of ether oxygens (including phenoxy) is 2. The van der Waals surface area contributed by atoms with E-state index in [9.17, 15) is 9.59 Å². The summed E-state index contributed by atoms with van der Waals surface area (Å²) < 4.78 is 10.5. The molecule has 6 heteroatoms. The highest BCUT2D eigenvalue weighted by Gasteiger charge is 2.25. The quantitative estimate of drug-likeness (QED) is 0.628. The molecule has 2 rings (SSSR count). The van der Waals surface area contributed by atoms with Crippen molar-refractivity contribution in [2.45, 2.75) is 26.4 Å². The van der Waals surface area contributed by atoms with Crippen LogP contribution in [0.3, 0.4) is 0 Å². The number of carbonyl (C=O) groups is 2. The Bertz CT molecular complexity index is 860. The Morgan fingerprint density at radius 2 is 1.84 bits per heavy atom. The molecule has 0 aliphatic rings. The second-order valence-corrected chi connectivity index (χ2v) is 6.28. The summed E-state index contributed by atoms with van der Waals surface area (Å²) in [6.07, 6.45) is 2.73. The molecule has 1 aromatic heterocycles. The molecule has 0 aliphatic heterocycles. The van der Waals surface area contributed by atoms with Crippen molar-refractivity contribution in [3.05, 3.63) is 58.9 Å². The summed E-state index contributed by atoms with van der Waals surface area (Å²) in [7, 11) is 1.41. The van der Waals surface area contributed by atoms with Gasteiger partial charge in [0.25, 0.3) is 0 Å². The Labute approximate surface area is 146 Å². The number of ketones is 1. The molecule has 1 heterocycles. The Morgan fingerprint density at radius 3 is 2.44 bits per heavy atom.